The van der Waals surface area contributed by atoms with Crippen molar-refractivity contribution in [2.45, 2.75) is 0 Å². The van der Waals surface area contributed by atoms with Crippen LogP contribution < -0.4 is 4.74 Å². The van der Waals surface area contributed by atoms with E-state index in [9.17, 15) is 0 Å². The summed E-state index contributed by atoms with van der Waals surface area (Å²) in [6, 6.07) is 5.74. The van der Waals surface area contributed by atoms with Crippen molar-refractivity contribution in [2.24, 2.45) is 0 Å². The second kappa shape index (κ2) is 7.45. The molecule has 0 amide bonds. The third-order valence-corrected chi connectivity index (χ3v) is 10.3. The predicted octanol–water partition coefficient (Wildman–Crippen LogP) is 8.82. The van der Waals surface area contributed by atoms with Gasteiger partial charge in [0.05, 0.1) is 22.4 Å². The van der Waals surface area contributed by atoms with Crippen LogP contribution in [0.25, 0.3) is 0 Å². The van der Waals surface area contributed by atoms with E-state index in [1.54, 1.807) is 0 Å². The summed E-state index contributed by atoms with van der Waals surface area (Å²) in [5.74, 6) is 1.38. The fourth-order valence-corrected chi connectivity index (χ4v) is 5.21. The minimum Gasteiger partial charge on any atom is -0.454 e. The van der Waals surface area contributed by atoms with Gasteiger partial charge in [0.1, 0.15) is 5.75 Å². The number of hydrogen-bond acceptors (Lipinski definition) is 1. The topological polar surface area (TPSA) is 9.23 Å². The molecule has 0 aromatic heterocycles. The van der Waals surface area contributed by atoms with Gasteiger partial charge in [-0.25, -0.2) is 0 Å². The highest BCUT2D eigenvalue weighted by molar-refractivity contribution is 9.16. The van der Waals surface area contributed by atoms with Crippen LogP contribution >= 0.6 is 112 Å². The molecule has 2 rings (SSSR count). The molecule has 2 aromatic rings. The Hall–Kier alpha value is 1.60. The SMILES string of the molecule is Brc1cccc(Oc2c(Br)c(Br)c(Br)c(Br)c2Br)c1Br. The molecule has 0 unspecified atom stereocenters. The van der Waals surface area contributed by atoms with Crippen LogP contribution in [0.5, 0.6) is 11.5 Å². The second-order valence-electron chi connectivity index (χ2n) is 3.55. The number of rotatable bonds is 2. The Morgan fingerprint density at radius 2 is 1.10 bits per heavy atom. The van der Waals surface area contributed by atoms with E-state index in [4.69, 9.17) is 4.74 Å². The van der Waals surface area contributed by atoms with Gasteiger partial charge in [-0.3, -0.25) is 0 Å². The maximum Gasteiger partial charge on any atom is 0.158 e. The number of halogens is 7. The molecule has 2 aromatic carbocycles. The van der Waals surface area contributed by atoms with Crippen molar-refractivity contribution < 1.29 is 4.74 Å². The average molecular weight is 722 g/mol. The monoisotopic (exact) mass is 715 g/mol. The Kier molecular flexibility index (Phi) is 6.68. The highest BCUT2D eigenvalue weighted by Crippen LogP contribution is 2.50. The van der Waals surface area contributed by atoms with E-state index in [0.717, 1.165) is 31.3 Å². The minimum atomic E-state index is 0.672. The van der Waals surface area contributed by atoms with Crippen molar-refractivity contribution in [3.63, 3.8) is 0 Å². The van der Waals surface area contributed by atoms with Gasteiger partial charge >= 0.3 is 0 Å². The molecule has 0 N–H and O–H groups in total. The fourth-order valence-electron chi connectivity index (χ4n) is 1.35. The van der Waals surface area contributed by atoms with Crippen molar-refractivity contribution >= 4 is 112 Å². The van der Waals surface area contributed by atoms with Crippen molar-refractivity contribution in [3.8, 4) is 11.5 Å². The van der Waals surface area contributed by atoms with Crippen LogP contribution in [0.1, 0.15) is 0 Å². The maximum atomic E-state index is 6.02. The first-order valence-corrected chi connectivity index (χ1v) is 10.5. The first-order chi connectivity index (χ1) is 9.34. The maximum absolute atomic E-state index is 6.02. The quantitative estimate of drug-likeness (QED) is 0.223. The van der Waals surface area contributed by atoms with Crippen LogP contribution in [0.15, 0.2) is 49.5 Å². The molecule has 0 aliphatic rings. The van der Waals surface area contributed by atoms with E-state index in [1.165, 1.54) is 0 Å². The first kappa shape index (κ1) is 17.9. The van der Waals surface area contributed by atoms with Crippen LogP contribution in [0.3, 0.4) is 0 Å². The molecule has 8 heteroatoms. The standard InChI is InChI=1S/C12H3Br7O/c13-4-2-1-3-5(6(4)14)20-12-10(18)8(16)7(15)9(17)11(12)19/h1-3H. The van der Waals surface area contributed by atoms with Gasteiger partial charge in [0.2, 0.25) is 0 Å². The van der Waals surface area contributed by atoms with E-state index in [2.05, 4.69) is 112 Å². The number of benzene rings is 2. The van der Waals surface area contributed by atoms with Gasteiger partial charge in [0.25, 0.3) is 0 Å². The highest BCUT2D eigenvalue weighted by Gasteiger charge is 2.20. The molecule has 0 aliphatic heterocycles. The van der Waals surface area contributed by atoms with Crippen molar-refractivity contribution in [1.82, 2.24) is 0 Å². The van der Waals surface area contributed by atoms with Crippen LogP contribution in [-0.2, 0) is 0 Å². The zero-order valence-electron chi connectivity index (χ0n) is 9.29. The normalized spacial score (nSPS) is 10.8. The molecule has 0 fully saturated rings. The summed E-state index contributed by atoms with van der Waals surface area (Å²) in [6.07, 6.45) is 0. The van der Waals surface area contributed by atoms with E-state index in [1.807, 2.05) is 18.2 Å². The Labute approximate surface area is 175 Å². The van der Waals surface area contributed by atoms with Crippen molar-refractivity contribution in [2.75, 3.05) is 0 Å². The third-order valence-electron chi connectivity index (χ3n) is 2.30. The lowest BCUT2D eigenvalue weighted by molar-refractivity contribution is 0.472. The molecule has 0 radical (unpaired) electrons. The molecule has 106 valence electrons. The molecule has 20 heavy (non-hydrogen) atoms. The summed E-state index contributed by atoms with van der Waals surface area (Å²) in [4.78, 5) is 0. The average Bonchev–Trinajstić information content (AvgIpc) is 2.43. The van der Waals surface area contributed by atoms with E-state index in [-0.39, 0.29) is 0 Å². The van der Waals surface area contributed by atoms with Crippen molar-refractivity contribution in [1.29, 1.82) is 0 Å². The summed E-state index contributed by atoms with van der Waals surface area (Å²) in [5, 5.41) is 0. The Morgan fingerprint density at radius 1 is 0.600 bits per heavy atom. The number of hydrogen-bond donors (Lipinski definition) is 0. The van der Waals surface area contributed by atoms with Gasteiger partial charge < -0.3 is 4.74 Å². The minimum absolute atomic E-state index is 0.672. The summed E-state index contributed by atoms with van der Waals surface area (Å²) >= 11 is 24.6. The van der Waals surface area contributed by atoms with Crippen LogP contribution in [0.4, 0.5) is 0 Å². The van der Waals surface area contributed by atoms with Gasteiger partial charge in [-0.1, -0.05) is 6.07 Å². The van der Waals surface area contributed by atoms with Gasteiger partial charge in [-0.2, -0.15) is 0 Å². The molecule has 1 nitrogen and oxygen atoms in total. The molecule has 0 aliphatic carbocycles. The molecule has 0 heterocycles. The van der Waals surface area contributed by atoms with Gasteiger partial charge in [0, 0.05) is 8.95 Å². The summed E-state index contributed by atoms with van der Waals surface area (Å²) in [7, 11) is 0. The Bertz CT molecular complexity index is 655. The van der Waals surface area contributed by atoms with Crippen molar-refractivity contribution in [3.05, 3.63) is 49.5 Å². The van der Waals surface area contributed by atoms with Gasteiger partial charge in [0.15, 0.2) is 5.75 Å². The second-order valence-corrected chi connectivity index (χ2v) is 9.17. The van der Waals surface area contributed by atoms with Crippen LogP contribution in [-0.4, -0.2) is 0 Å². The Morgan fingerprint density at radius 3 is 1.65 bits per heavy atom. The summed E-state index contributed by atoms with van der Waals surface area (Å²) < 4.78 is 12.1. The lowest BCUT2D eigenvalue weighted by Gasteiger charge is -2.15. The molecular formula is C12H3Br7O. The molecular weight excluding hydrogens is 719 g/mol. The number of ether oxygens (including phenoxy) is 1. The highest BCUT2D eigenvalue weighted by atomic mass is 79.9. The summed E-state index contributed by atoms with van der Waals surface area (Å²) in [6.45, 7) is 0. The molecule has 0 bridgehead atoms. The van der Waals surface area contributed by atoms with Crippen LogP contribution in [0.2, 0.25) is 0 Å². The lowest BCUT2D eigenvalue weighted by Crippen LogP contribution is -1.91. The van der Waals surface area contributed by atoms with E-state index < -0.39 is 0 Å². The zero-order valence-corrected chi connectivity index (χ0v) is 20.4. The van der Waals surface area contributed by atoms with E-state index in [0.29, 0.717) is 11.5 Å². The Balaban J connectivity index is 2.57. The van der Waals surface area contributed by atoms with Crippen LogP contribution in [0, 0.1) is 0 Å². The van der Waals surface area contributed by atoms with Gasteiger partial charge in [-0.15, -0.1) is 0 Å². The predicted molar refractivity (Wildman–Crippen MR) is 107 cm³/mol. The molecule has 0 atom stereocenters. The molecule has 0 spiro atoms. The zero-order chi connectivity index (χ0) is 15.0. The fraction of sp³-hybridized carbons (Fsp3) is 0. The molecule has 0 saturated heterocycles. The van der Waals surface area contributed by atoms with E-state index >= 15 is 0 Å². The largest absolute Gasteiger partial charge is 0.454 e. The first-order valence-electron chi connectivity index (χ1n) is 4.98. The van der Waals surface area contributed by atoms with Gasteiger partial charge in [-0.05, 0) is 124 Å². The smallest absolute Gasteiger partial charge is 0.158 e. The molecule has 0 saturated carbocycles. The summed E-state index contributed by atoms with van der Waals surface area (Å²) in [5.41, 5.74) is 0. The lowest BCUT2D eigenvalue weighted by atomic mass is 10.3. The third kappa shape index (κ3) is 3.57.